The topological polar surface area (TPSA) is 57.4 Å². The summed E-state index contributed by atoms with van der Waals surface area (Å²) >= 11 is 0. The van der Waals surface area contributed by atoms with Crippen LogP contribution in [0.2, 0.25) is 0 Å². The van der Waals surface area contributed by atoms with Crippen molar-refractivity contribution in [3.05, 3.63) is 169 Å². The lowest BCUT2D eigenvalue weighted by atomic mass is 9.97. The Morgan fingerprint density at radius 3 is 1.48 bits per heavy atom. The summed E-state index contributed by atoms with van der Waals surface area (Å²) in [5.41, 5.74) is 11.6. The third-order valence-electron chi connectivity index (χ3n) is 9.43. The highest BCUT2D eigenvalue weighted by atomic mass is 15.0. The van der Waals surface area contributed by atoms with Crippen molar-refractivity contribution in [1.82, 2.24) is 9.13 Å². The molecule has 4 heteroatoms. The second kappa shape index (κ2) is 10.9. The number of hydrogen-bond acceptors (Lipinski definition) is 2. The number of benzene rings is 7. The van der Waals surface area contributed by atoms with Gasteiger partial charge in [-0.2, -0.15) is 10.5 Å². The van der Waals surface area contributed by atoms with E-state index < -0.39 is 0 Å². The van der Waals surface area contributed by atoms with Crippen molar-refractivity contribution < 1.29 is 0 Å². The zero-order valence-corrected chi connectivity index (χ0v) is 25.8. The van der Waals surface area contributed by atoms with Crippen LogP contribution in [0, 0.1) is 22.7 Å². The molecule has 0 atom stereocenters. The van der Waals surface area contributed by atoms with E-state index in [-0.39, 0.29) is 0 Å². The summed E-state index contributed by atoms with van der Waals surface area (Å²) < 4.78 is 4.47. The van der Waals surface area contributed by atoms with Crippen molar-refractivity contribution in [3.8, 4) is 45.8 Å². The van der Waals surface area contributed by atoms with Gasteiger partial charge < -0.3 is 9.13 Å². The quantitative estimate of drug-likeness (QED) is 0.199. The molecule has 0 radical (unpaired) electrons. The van der Waals surface area contributed by atoms with E-state index in [9.17, 15) is 10.5 Å². The Bertz CT molecular complexity index is 2730. The fourth-order valence-corrected chi connectivity index (χ4v) is 7.31. The van der Waals surface area contributed by atoms with Gasteiger partial charge in [-0.25, -0.2) is 0 Å². The lowest BCUT2D eigenvalue weighted by Gasteiger charge is -2.16. The number of nitrogens with zero attached hydrogens (tertiary/aromatic N) is 4. The van der Waals surface area contributed by atoms with Crippen LogP contribution in [0.3, 0.4) is 0 Å². The number of hydrogen-bond donors (Lipinski definition) is 0. The van der Waals surface area contributed by atoms with E-state index in [0.29, 0.717) is 11.1 Å². The van der Waals surface area contributed by atoms with Gasteiger partial charge in [0.15, 0.2) is 0 Å². The van der Waals surface area contributed by atoms with Gasteiger partial charge in [0.1, 0.15) is 6.07 Å². The molecule has 2 aromatic heterocycles. The maximum Gasteiger partial charge on any atom is 0.101 e. The fraction of sp³-hybridized carbons (Fsp3) is 0. The van der Waals surface area contributed by atoms with Crippen LogP contribution >= 0.6 is 0 Å². The molecule has 0 fully saturated rings. The molecule has 0 unspecified atom stereocenters. The molecule has 0 aliphatic carbocycles. The molecule has 222 valence electrons. The SMILES string of the molecule is N#Cc1cccc(-c2ccc(-c3ccc(-n4c5ccccc5c5ccccc54)cc3)cc2)c1-n1c2ccccc2c2c(C#N)cccc21. The molecular weight excluding hydrogens is 585 g/mol. The minimum atomic E-state index is 0.572. The summed E-state index contributed by atoms with van der Waals surface area (Å²) in [6.07, 6.45) is 0. The maximum atomic E-state index is 10.3. The van der Waals surface area contributed by atoms with Gasteiger partial charge in [0.05, 0.1) is 45.0 Å². The van der Waals surface area contributed by atoms with Gasteiger partial charge in [-0.15, -0.1) is 0 Å². The Morgan fingerprint density at radius 2 is 0.854 bits per heavy atom. The number of aromatic nitrogens is 2. The first-order chi connectivity index (χ1) is 23.7. The lowest BCUT2D eigenvalue weighted by molar-refractivity contribution is 1.17. The molecule has 9 aromatic rings. The van der Waals surface area contributed by atoms with E-state index in [1.54, 1.807) is 0 Å². The van der Waals surface area contributed by atoms with Crippen molar-refractivity contribution >= 4 is 43.6 Å². The Balaban J connectivity index is 1.14. The van der Waals surface area contributed by atoms with Crippen molar-refractivity contribution in [1.29, 1.82) is 10.5 Å². The first-order valence-corrected chi connectivity index (χ1v) is 15.9. The second-order valence-electron chi connectivity index (χ2n) is 12.0. The summed E-state index contributed by atoms with van der Waals surface area (Å²) in [4.78, 5) is 0. The predicted molar refractivity (Wildman–Crippen MR) is 195 cm³/mol. The standard InChI is InChI=1S/C44H26N4/c45-27-32-9-8-18-42-43(32)38-13-3-6-17-41(38)48(42)44-33(28-46)10-7-14-35(44)31-21-19-29(20-22-31)30-23-25-34(26-24-30)47-39-15-4-1-11-36(39)37-12-2-5-16-40(37)47/h1-26H. The van der Waals surface area contributed by atoms with E-state index in [0.717, 1.165) is 55.4 Å². The van der Waals surface area contributed by atoms with E-state index >= 15 is 0 Å². The van der Waals surface area contributed by atoms with Gasteiger partial charge in [-0.05, 0) is 65.2 Å². The molecule has 0 saturated heterocycles. The largest absolute Gasteiger partial charge is 0.309 e. The predicted octanol–water partition coefficient (Wildman–Crippen LogP) is 11.0. The molecule has 0 spiro atoms. The molecule has 4 nitrogen and oxygen atoms in total. The van der Waals surface area contributed by atoms with Crippen LogP contribution in [0.1, 0.15) is 11.1 Å². The molecule has 0 saturated carbocycles. The first-order valence-electron chi connectivity index (χ1n) is 15.9. The average molecular weight is 611 g/mol. The van der Waals surface area contributed by atoms with E-state index in [2.05, 4.69) is 130 Å². The van der Waals surface area contributed by atoms with Crippen LogP contribution in [0.4, 0.5) is 0 Å². The van der Waals surface area contributed by atoms with Crippen LogP contribution in [0.25, 0.3) is 77.2 Å². The monoisotopic (exact) mass is 610 g/mol. The molecular formula is C44H26N4. The lowest BCUT2D eigenvalue weighted by Crippen LogP contribution is -2.01. The molecule has 48 heavy (non-hydrogen) atoms. The number of nitriles is 2. The van der Waals surface area contributed by atoms with Crippen LogP contribution in [-0.2, 0) is 0 Å². The summed E-state index contributed by atoms with van der Waals surface area (Å²) in [7, 11) is 0. The number of rotatable bonds is 4. The van der Waals surface area contributed by atoms with E-state index in [1.165, 1.54) is 21.8 Å². The average Bonchev–Trinajstić information content (AvgIpc) is 3.68. The fourth-order valence-electron chi connectivity index (χ4n) is 7.31. The minimum Gasteiger partial charge on any atom is -0.309 e. The molecule has 0 bridgehead atoms. The minimum absolute atomic E-state index is 0.572. The highest BCUT2D eigenvalue weighted by molar-refractivity contribution is 6.12. The highest BCUT2D eigenvalue weighted by Crippen LogP contribution is 2.39. The highest BCUT2D eigenvalue weighted by Gasteiger charge is 2.20. The van der Waals surface area contributed by atoms with Crippen molar-refractivity contribution in [2.24, 2.45) is 0 Å². The van der Waals surface area contributed by atoms with Crippen molar-refractivity contribution in [2.45, 2.75) is 0 Å². The van der Waals surface area contributed by atoms with Gasteiger partial charge in [-0.3, -0.25) is 0 Å². The first kappa shape index (κ1) is 27.4. The van der Waals surface area contributed by atoms with Crippen LogP contribution in [0.15, 0.2) is 158 Å². The molecule has 2 heterocycles. The summed E-state index contributed by atoms with van der Waals surface area (Å²) in [6, 6.07) is 59.0. The molecule has 9 rings (SSSR count). The van der Waals surface area contributed by atoms with Crippen molar-refractivity contribution in [2.75, 3.05) is 0 Å². The molecule has 0 N–H and O–H groups in total. The molecule has 0 amide bonds. The summed E-state index contributed by atoms with van der Waals surface area (Å²) in [5.74, 6) is 0. The maximum absolute atomic E-state index is 10.3. The van der Waals surface area contributed by atoms with Crippen LogP contribution in [0.5, 0.6) is 0 Å². The summed E-state index contributed by atoms with van der Waals surface area (Å²) in [5, 5.41) is 24.7. The third kappa shape index (κ3) is 4.07. The Labute approximate surface area is 277 Å². The van der Waals surface area contributed by atoms with Gasteiger partial charge in [-0.1, -0.05) is 109 Å². The van der Waals surface area contributed by atoms with Gasteiger partial charge in [0, 0.05) is 32.8 Å². The van der Waals surface area contributed by atoms with Gasteiger partial charge in [0.2, 0.25) is 0 Å². The smallest absolute Gasteiger partial charge is 0.101 e. The Kier molecular flexibility index (Phi) is 6.22. The Hall–Kier alpha value is -6.88. The van der Waals surface area contributed by atoms with E-state index in [4.69, 9.17) is 0 Å². The number of para-hydroxylation sites is 4. The third-order valence-corrected chi connectivity index (χ3v) is 9.43. The molecule has 0 aliphatic rings. The normalized spacial score (nSPS) is 11.3. The number of fused-ring (bicyclic) bond motifs is 6. The van der Waals surface area contributed by atoms with Gasteiger partial charge in [0.25, 0.3) is 0 Å². The van der Waals surface area contributed by atoms with E-state index in [1.807, 2.05) is 48.5 Å². The second-order valence-corrected chi connectivity index (χ2v) is 12.0. The summed E-state index contributed by atoms with van der Waals surface area (Å²) in [6.45, 7) is 0. The Morgan fingerprint density at radius 1 is 0.375 bits per heavy atom. The van der Waals surface area contributed by atoms with Crippen molar-refractivity contribution in [3.63, 3.8) is 0 Å². The van der Waals surface area contributed by atoms with Crippen LogP contribution < -0.4 is 0 Å². The molecule has 0 aliphatic heterocycles. The molecule has 7 aromatic carbocycles. The zero-order chi connectivity index (χ0) is 32.2. The van der Waals surface area contributed by atoms with Gasteiger partial charge >= 0.3 is 0 Å². The zero-order valence-electron chi connectivity index (χ0n) is 25.8. The van der Waals surface area contributed by atoms with Crippen LogP contribution in [-0.4, -0.2) is 9.13 Å².